The molecule has 4 rings (SSSR count). The average Bonchev–Trinajstić information content (AvgIpc) is 3.51. The summed E-state index contributed by atoms with van der Waals surface area (Å²) in [5, 5.41) is 14.4. The number of aromatic nitrogens is 4. The zero-order chi connectivity index (χ0) is 24.9. The molecule has 0 amide bonds. The summed E-state index contributed by atoms with van der Waals surface area (Å²) < 4.78 is 28.5. The lowest BCUT2D eigenvalue weighted by Crippen LogP contribution is -2.35. The molecule has 0 bridgehead atoms. The molecule has 186 valence electrons. The van der Waals surface area contributed by atoms with E-state index in [4.69, 9.17) is 0 Å². The molecule has 35 heavy (non-hydrogen) atoms. The molecule has 8 heteroatoms. The van der Waals surface area contributed by atoms with Crippen molar-refractivity contribution >= 4 is 0 Å². The van der Waals surface area contributed by atoms with Crippen LogP contribution in [0.3, 0.4) is 0 Å². The fourth-order valence-corrected chi connectivity index (χ4v) is 4.59. The van der Waals surface area contributed by atoms with Gasteiger partial charge in [0.05, 0.1) is 6.67 Å². The van der Waals surface area contributed by atoms with Gasteiger partial charge in [0.15, 0.2) is 0 Å². The lowest BCUT2D eigenvalue weighted by Gasteiger charge is -2.29. The van der Waals surface area contributed by atoms with Crippen LogP contribution in [-0.2, 0) is 6.54 Å². The largest absolute Gasteiger partial charge is 0.351 e. The van der Waals surface area contributed by atoms with E-state index >= 15 is 0 Å². The highest BCUT2D eigenvalue weighted by atomic mass is 19.3. The summed E-state index contributed by atoms with van der Waals surface area (Å²) in [6.45, 7) is 9.46. The topological polar surface area (TPSA) is 60.9 Å². The monoisotopic (exact) mass is 480 g/mol. The Kier molecular flexibility index (Phi) is 7.78. The maximum absolute atomic E-state index is 14.2. The fraction of sp³-hybridized carbons (Fsp3) is 0.444. The van der Waals surface area contributed by atoms with Crippen molar-refractivity contribution in [2.45, 2.75) is 66.0 Å². The molecule has 0 fully saturated rings. The molecule has 0 spiro atoms. The Balaban J connectivity index is 1.59. The number of H-pyrrole nitrogens is 1. The van der Waals surface area contributed by atoms with Crippen molar-refractivity contribution in [2.75, 3.05) is 6.67 Å². The second-order valence-corrected chi connectivity index (χ2v) is 9.61. The van der Waals surface area contributed by atoms with Gasteiger partial charge in [0.2, 0.25) is 5.82 Å². The first-order chi connectivity index (χ1) is 16.9. The molecular formula is C27H34F2N6. The standard InChI is InChI=1S/C27H34F2N6/c1-5-19(4)35-17-34(24(15-10-18(2)3)25(35)26(28)29)16-20-11-13-21(14-12-20)22-8-6-7-9-23(22)27-30-32-33-31-27/h6-9,11-14,18-19,26H,5,10,15-17H2,1-4H3,(H,30,31,32,33). The van der Waals surface area contributed by atoms with Crippen LogP contribution in [0.4, 0.5) is 8.78 Å². The summed E-state index contributed by atoms with van der Waals surface area (Å²) >= 11 is 0. The van der Waals surface area contributed by atoms with Gasteiger partial charge in [-0.1, -0.05) is 69.3 Å². The van der Waals surface area contributed by atoms with Crippen LogP contribution < -0.4 is 0 Å². The Hall–Kier alpha value is -3.29. The van der Waals surface area contributed by atoms with Crippen LogP contribution in [0.15, 0.2) is 59.9 Å². The maximum Gasteiger partial charge on any atom is 0.279 e. The predicted octanol–water partition coefficient (Wildman–Crippen LogP) is 6.32. The predicted molar refractivity (Wildman–Crippen MR) is 134 cm³/mol. The van der Waals surface area contributed by atoms with Crippen molar-refractivity contribution in [2.24, 2.45) is 5.92 Å². The molecule has 2 heterocycles. The number of allylic oxidation sites excluding steroid dienone is 2. The first-order valence-corrected chi connectivity index (χ1v) is 12.3. The molecule has 2 aromatic carbocycles. The van der Waals surface area contributed by atoms with E-state index in [1.165, 1.54) is 0 Å². The van der Waals surface area contributed by atoms with E-state index in [0.717, 1.165) is 40.8 Å². The highest BCUT2D eigenvalue weighted by molar-refractivity contribution is 5.80. The number of tetrazole rings is 1. The molecule has 0 saturated carbocycles. The first kappa shape index (κ1) is 24.8. The average molecular weight is 481 g/mol. The third kappa shape index (κ3) is 5.52. The Bertz CT molecular complexity index is 1120. The first-order valence-electron chi connectivity index (χ1n) is 12.3. The molecule has 1 N–H and O–H groups in total. The number of alkyl halides is 2. The second-order valence-electron chi connectivity index (χ2n) is 9.61. The maximum atomic E-state index is 14.2. The number of nitrogens with zero attached hydrogens (tertiary/aromatic N) is 5. The Morgan fingerprint density at radius 1 is 1.00 bits per heavy atom. The van der Waals surface area contributed by atoms with Crippen LogP contribution in [0, 0.1) is 5.92 Å². The highest BCUT2D eigenvalue weighted by Gasteiger charge is 2.35. The van der Waals surface area contributed by atoms with E-state index in [-0.39, 0.29) is 11.7 Å². The van der Waals surface area contributed by atoms with Crippen molar-refractivity contribution in [1.29, 1.82) is 0 Å². The van der Waals surface area contributed by atoms with Crippen LogP contribution in [0.1, 0.15) is 52.5 Å². The van der Waals surface area contributed by atoms with Crippen LogP contribution in [-0.4, -0.2) is 49.6 Å². The summed E-state index contributed by atoms with van der Waals surface area (Å²) in [7, 11) is 0. The lowest BCUT2D eigenvalue weighted by atomic mass is 9.98. The highest BCUT2D eigenvalue weighted by Crippen LogP contribution is 2.36. The quantitative estimate of drug-likeness (QED) is 0.368. The van der Waals surface area contributed by atoms with Crippen molar-refractivity contribution in [3.05, 3.63) is 65.5 Å². The number of rotatable bonds is 10. The minimum Gasteiger partial charge on any atom is -0.351 e. The molecule has 3 aromatic rings. The number of aromatic amines is 1. The summed E-state index contributed by atoms with van der Waals surface area (Å²) in [6.07, 6.45) is -0.0845. The number of nitrogens with one attached hydrogen (secondary N) is 1. The minimum absolute atomic E-state index is 0.0714. The van der Waals surface area contributed by atoms with Gasteiger partial charge in [-0.2, -0.15) is 5.21 Å². The zero-order valence-electron chi connectivity index (χ0n) is 20.9. The van der Waals surface area contributed by atoms with Crippen molar-refractivity contribution in [3.63, 3.8) is 0 Å². The molecule has 1 atom stereocenters. The number of benzene rings is 2. The van der Waals surface area contributed by atoms with Crippen LogP contribution in [0.2, 0.25) is 0 Å². The fourth-order valence-electron chi connectivity index (χ4n) is 4.59. The van der Waals surface area contributed by atoms with Crippen molar-refractivity contribution in [3.8, 4) is 22.5 Å². The number of halogens is 2. The molecule has 6 nitrogen and oxygen atoms in total. The Labute approximate surface area is 206 Å². The molecule has 0 radical (unpaired) electrons. The van der Waals surface area contributed by atoms with Gasteiger partial charge in [0.1, 0.15) is 5.70 Å². The molecule has 1 aromatic heterocycles. The zero-order valence-corrected chi connectivity index (χ0v) is 20.9. The second kappa shape index (κ2) is 11.0. The summed E-state index contributed by atoms with van der Waals surface area (Å²) in [5.74, 6) is 1.01. The minimum atomic E-state index is -2.47. The van der Waals surface area contributed by atoms with Crippen molar-refractivity contribution in [1.82, 2.24) is 30.4 Å². The Morgan fingerprint density at radius 2 is 1.71 bits per heavy atom. The van der Waals surface area contributed by atoms with Gasteiger partial charge in [-0.15, -0.1) is 10.2 Å². The molecule has 1 aliphatic rings. The number of hydrogen-bond acceptors (Lipinski definition) is 5. The molecule has 0 saturated heterocycles. The van der Waals surface area contributed by atoms with Crippen molar-refractivity contribution < 1.29 is 8.78 Å². The van der Waals surface area contributed by atoms with Gasteiger partial charge < -0.3 is 9.80 Å². The summed E-state index contributed by atoms with van der Waals surface area (Å²) in [4.78, 5) is 4.04. The third-order valence-electron chi connectivity index (χ3n) is 6.75. The van der Waals surface area contributed by atoms with Crippen LogP contribution in [0.25, 0.3) is 22.5 Å². The van der Waals surface area contributed by atoms with Gasteiger partial charge in [-0.25, -0.2) is 8.78 Å². The third-order valence-corrected chi connectivity index (χ3v) is 6.75. The SMILES string of the molecule is CCC(C)N1CN(Cc2ccc(-c3ccccc3-c3nn[nH]n3)cc2)C(CCC(C)C)=C1C(F)F. The van der Waals surface area contributed by atoms with Gasteiger partial charge in [0, 0.05) is 23.8 Å². The van der Waals surface area contributed by atoms with E-state index in [1.54, 1.807) is 0 Å². The van der Waals surface area contributed by atoms with Crippen LogP contribution >= 0.6 is 0 Å². The van der Waals surface area contributed by atoms with E-state index in [1.807, 2.05) is 36.1 Å². The normalized spacial score (nSPS) is 15.1. The summed E-state index contributed by atoms with van der Waals surface area (Å²) in [6, 6.07) is 16.3. The van der Waals surface area contributed by atoms with Gasteiger partial charge >= 0.3 is 0 Å². The smallest absolute Gasteiger partial charge is 0.279 e. The van der Waals surface area contributed by atoms with Gasteiger partial charge in [-0.3, -0.25) is 0 Å². The molecule has 0 aliphatic carbocycles. The van der Waals surface area contributed by atoms with E-state index < -0.39 is 6.43 Å². The van der Waals surface area contributed by atoms with E-state index in [2.05, 4.69) is 70.6 Å². The van der Waals surface area contributed by atoms with E-state index in [0.29, 0.717) is 31.4 Å². The summed E-state index contributed by atoms with van der Waals surface area (Å²) in [5.41, 5.74) is 5.06. The Morgan fingerprint density at radius 3 is 2.31 bits per heavy atom. The van der Waals surface area contributed by atoms with Gasteiger partial charge in [-0.05, 0) is 54.0 Å². The van der Waals surface area contributed by atoms with Crippen LogP contribution in [0.5, 0.6) is 0 Å². The molecule has 1 unspecified atom stereocenters. The molecule has 1 aliphatic heterocycles. The molecular weight excluding hydrogens is 446 g/mol. The lowest BCUT2D eigenvalue weighted by molar-refractivity contribution is 0.118. The van der Waals surface area contributed by atoms with E-state index in [9.17, 15) is 8.78 Å². The van der Waals surface area contributed by atoms with Gasteiger partial charge in [0.25, 0.3) is 6.43 Å². The number of hydrogen-bond donors (Lipinski definition) is 1.